The van der Waals surface area contributed by atoms with Gasteiger partial charge in [-0.1, -0.05) is 0 Å². The van der Waals surface area contributed by atoms with Gasteiger partial charge in [-0.2, -0.15) is 0 Å². The maximum atomic E-state index is 5.36. The minimum Gasteiger partial charge on any atom is -0.497 e. The van der Waals surface area contributed by atoms with Crippen molar-refractivity contribution in [2.24, 2.45) is 13.0 Å². The first kappa shape index (κ1) is 12.3. The van der Waals surface area contributed by atoms with E-state index < -0.39 is 0 Å². The van der Waals surface area contributed by atoms with Crippen molar-refractivity contribution >= 4 is 10.9 Å². The fraction of sp³-hybridized carbons (Fsp3) is 0.529. The summed E-state index contributed by atoms with van der Waals surface area (Å²) in [6.45, 7) is 3.86. The first-order valence-electron chi connectivity index (χ1n) is 7.61. The molecular formula is C17H22N2O. The maximum absolute atomic E-state index is 5.36. The molecular weight excluding hydrogens is 248 g/mol. The van der Waals surface area contributed by atoms with Crippen LogP contribution in [-0.2, 0) is 7.05 Å². The van der Waals surface area contributed by atoms with Gasteiger partial charge in [-0.25, -0.2) is 0 Å². The molecule has 3 nitrogen and oxygen atoms in total. The Bertz CT molecular complexity index is 638. The minimum absolute atomic E-state index is 0.717. The van der Waals surface area contributed by atoms with E-state index in [0.29, 0.717) is 0 Å². The van der Waals surface area contributed by atoms with E-state index in [1.54, 1.807) is 12.7 Å². The number of methoxy groups -OCH3 is 1. The maximum Gasteiger partial charge on any atom is 0.120 e. The molecule has 1 aromatic heterocycles. The summed E-state index contributed by atoms with van der Waals surface area (Å²) >= 11 is 0. The molecule has 20 heavy (non-hydrogen) atoms. The molecule has 3 fully saturated rings. The topological polar surface area (TPSA) is 17.4 Å². The quantitative estimate of drug-likeness (QED) is 0.834. The second kappa shape index (κ2) is 4.52. The van der Waals surface area contributed by atoms with E-state index in [1.807, 2.05) is 0 Å². The van der Waals surface area contributed by atoms with E-state index in [0.717, 1.165) is 17.6 Å². The van der Waals surface area contributed by atoms with Crippen molar-refractivity contribution in [1.29, 1.82) is 0 Å². The highest BCUT2D eigenvalue weighted by atomic mass is 16.5. The summed E-state index contributed by atoms with van der Waals surface area (Å²) in [5.41, 5.74) is 2.83. The number of hydrogen-bond donors (Lipinski definition) is 0. The van der Waals surface area contributed by atoms with Crippen LogP contribution in [0, 0.1) is 5.92 Å². The fourth-order valence-electron chi connectivity index (χ4n) is 4.13. The summed E-state index contributed by atoms with van der Waals surface area (Å²) in [6, 6.07) is 6.48. The van der Waals surface area contributed by atoms with Gasteiger partial charge < -0.3 is 14.2 Å². The van der Waals surface area contributed by atoms with Crippen LogP contribution in [0.3, 0.4) is 0 Å². The Morgan fingerprint density at radius 1 is 1.20 bits per heavy atom. The van der Waals surface area contributed by atoms with Crippen LogP contribution in [0.1, 0.15) is 24.3 Å². The van der Waals surface area contributed by atoms with Crippen LogP contribution in [0.15, 0.2) is 24.4 Å². The summed E-state index contributed by atoms with van der Waals surface area (Å²) in [5.74, 6) is 2.54. The van der Waals surface area contributed by atoms with Crippen molar-refractivity contribution in [1.82, 2.24) is 9.47 Å². The number of fused-ring (bicyclic) bond motifs is 4. The van der Waals surface area contributed by atoms with E-state index in [1.165, 1.54) is 43.4 Å². The Kier molecular flexibility index (Phi) is 2.77. The van der Waals surface area contributed by atoms with Crippen molar-refractivity contribution in [3.05, 3.63) is 30.0 Å². The molecule has 4 heterocycles. The predicted octanol–water partition coefficient (Wildman–Crippen LogP) is 3.00. The third kappa shape index (κ3) is 1.76. The third-order valence-electron chi connectivity index (χ3n) is 5.28. The molecule has 1 atom stereocenters. The zero-order valence-electron chi connectivity index (χ0n) is 12.3. The van der Waals surface area contributed by atoms with E-state index in [-0.39, 0.29) is 0 Å². The molecule has 0 radical (unpaired) electrons. The number of aryl methyl sites for hydroxylation is 1. The average molecular weight is 270 g/mol. The summed E-state index contributed by atoms with van der Waals surface area (Å²) in [4.78, 5) is 2.63. The van der Waals surface area contributed by atoms with E-state index >= 15 is 0 Å². The Balaban J connectivity index is 1.80. The van der Waals surface area contributed by atoms with Crippen LogP contribution >= 0.6 is 0 Å². The molecule has 1 unspecified atom stereocenters. The molecule has 3 heteroatoms. The molecule has 0 saturated carbocycles. The zero-order valence-corrected chi connectivity index (χ0v) is 12.3. The molecule has 1 aromatic carbocycles. The van der Waals surface area contributed by atoms with Crippen molar-refractivity contribution in [2.75, 3.05) is 26.7 Å². The standard InChI is InChI=1S/C17H22N2O/c1-18-10-16(14-4-3-13(20-2)9-17(14)18)15-11-19-7-5-12(15)6-8-19/h3-4,9-10,12,15H,5-8,11H2,1-2H3. The van der Waals surface area contributed by atoms with E-state index in [2.05, 4.69) is 40.9 Å². The van der Waals surface area contributed by atoms with Gasteiger partial charge in [0.05, 0.1) is 12.6 Å². The van der Waals surface area contributed by atoms with Gasteiger partial charge in [0.25, 0.3) is 0 Å². The molecule has 5 rings (SSSR count). The highest BCUT2D eigenvalue weighted by molar-refractivity contribution is 5.86. The second-order valence-electron chi connectivity index (χ2n) is 6.32. The van der Waals surface area contributed by atoms with Crippen molar-refractivity contribution in [3.8, 4) is 5.75 Å². The molecule has 3 saturated heterocycles. The molecule has 0 N–H and O–H groups in total. The summed E-state index contributed by atoms with van der Waals surface area (Å²) in [7, 11) is 3.88. The Hall–Kier alpha value is -1.48. The number of ether oxygens (including phenoxy) is 1. The fourth-order valence-corrected chi connectivity index (χ4v) is 4.13. The summed E-state index contributed by atoms with van der Waals surface area (Å²) in [6.07, 6.45) is 5.09. The number of rotatable bonds is 2. The highest BCUT2D eigenvalue weighted by Gasteiger charge is 2.36. The first-order valence-corrected chi connectivity index (χ1v) is 7.61. The van der Waals surface area contributed by atoms with Crippen LogP contribution in [0.4, 0.5) is 0 Å². The number of nitrogens with zero attached hydrogens (tertiary/aromatic N) is 2. The van der Waals surface area contributed by atoms with Crippen LogP contribution < -0.4 is 4.74 Å². The Labute approximate surface area is 120 Å². The normalized spacial score (nSPS) is 29.0. The monoisotopic (exact) mass is 270 g/mol. The lowest BCUT2D eigenvalue weighted by Gasteiger charge is -2.44. The molecule has 3 aliphatic rings. The van der Waals surface area contributed by atoms with Crippen molar-refractivity contribution < 1.29 is 4.74 Å². The number of piperidine rings is 3. The smallest absolute Gasteiger partial charge is 0.120 e. The van der Waals surface area contributed by atoms with Gasteiger partial charge in [-0.3, -0.25) is 0 Å². The average Bonchev–Trinajstić information content (AvgIpc) is 2.85. The molecule has 0 aliphatic carbocycles. The van der Waals surface area contributed by atoms with Crippen LogP contribution in [0.5, 0.6) is 5.75 Å². The Morgan fingerprint density at radius 3 is 2.65 bits per heavy atom. The van der Waals surface area contributed by atoms with Crippen LogP contribution in [-0.4, -0.2) is 36.2 Å². The molecule has 0 spiro atoms. The van der Waals surface area contributed by atoms with Gasteiger partial charge in [0.2, 0.25) is 0 Å². The largest absolute Gasteiger partial charge is 0.497 e. The molecule has 2 bridgehead atoms. The van der Waals surface area contributed by atoms with Gasteiger partial charge >= 0.3 is 0 Å². The molecule has 2 aromatic rings. The second-order valence-corrected chi connectivity index (χ2v) is 6.32. The molecule has 3 aliphatic heterocycles. The lowest BCUT2D eigenvalue weighted by atomic mass is 9.75. The van der Waals surface area contributed by atoms with Gasteiger partial charge in [0, 0.05) is 37.2 Å². The zero-order chi connectivity index (χ0) is 13.7. The SMILES string of the molecule is COc1ccc2c(C3CN4CCC3CC4)cn(C)c2c1. The van der Waals surface area contributed by atoms with Crippen LogP contribution in [0.25, 0.3) is 10.9 Å². The van der Waals surface area contributed by atoms with Gasteiger partial charge in [-0.05, 0) is 49.5 Å². The van der Waals surface area contributed by atoms with Crippen molar-refractivity contribution in [2.45, 2.75) is 18.8 Å². The van der Waals surface area contributed by atoms with E-state index in [4.69, 9.17) is 4.74 Å². The highest BCUT2D eigenvalue weighted by Crippen LogP contribution is 2.42. The van der Waals surface area contributed by atoms with Gasteiger partial charge in [0.15, 0.2) is 0 Å². The van der Waals surface area contributed by atoms with Gasteiger partial charge in [0.1, 0.15) is 5.75 Å². The Morgan fingerprint density at radius 2 is 2.00 bits per heavy atom. The first-order chi connectivity index (χ1) is 9.76. The predicted molar refractivity (Wildman–Crippen MR) is 81.4 cm³/mol. The third-order valence-corrected chi connectivity index (χ3v) is 5.28. The summed E-state index contributed by atoms with van der Waals surface area (Å²) in [5, 5.41) is 1.41. The lowest BCUT2D eigenvalue weighted by Crippen LogP contribution is -2.46. The van der Waals surface area contributed by atoms with Gasteiger partial charge in [-0.15, -0.1) is 0 Å². The molecule has 0 amide bonds. The van der Waals surface area contributed by atoms with Crippen molar-refractivity contribution in [3.63, 3.8) is 0 Å². The number of benzene rings is 1. The molecule has 106 valence electrons. The number of aromatic nitrogens is 1. The van der Waals surface area contributed by atoms with Crippen LogP contribution in [0.2, 0.25) is 0 Å². The van der Waals surface area contributed by atoms with E-state index in [9.17, 15) is 0 Å². The summed E-state index contributed by atoms with van der Waals surface area (Å²) < 4.78 is 7.61. The lowest BCUT2D eigenvalue weighted by molar-refractivity contribution is 0.0876. The number of hydrogen-bond acceptors (Lipinski definition) is 2. The minimum atomic E-state index is 0.717.